The van der Waals surface area contributed by atoms with E-state index < -0.39 is 0 Å². The molecule has 0 N–H and O–H groups in total. The first-order chi connectivity index (χ1) is 12.3. The molecule has 2 aliphatic heterocycles. The van der Waals surface area contributed by atoms with E-state index in [1.807, 2.05) is 0 Å². The SMILES string of the molecule is O=C1CCc2ccccc2N1C1CCN(CCc2ccccc2)CC1. The first-order valence-corrected chi connectivity index (χ1v) is 9.47. The number of hydrogen-bond acceptors (Lipinski definition) is 2. The van der Waals surface area contributed by atoms with E-state index >= 15 is 0 Å². The van der Waals surface area contributed by atoms with Gasteiger partial charge < -0.3 is 9.80 Å². The lowest BCUT2D eigenvalue weighted by Crippen LogP contribution is -2.49. The molecule has 0 spiro atoms. The van der Waals surface area contributed by atoms with E-state index in [1.165, 1.54) is 11.1 Å². The van der Waals surface area contributed by atoms with Gasteiger partial charge in [-0.15, -0.1) is 0 Å². The van der Waals surface area contributed by atoms with Gasteiger partial charge >= 0.3 is 0 Å². The Hall–Kier alpha value is -2.13. The summed E-state index contributed by atoms with van der Waals surface area (Å²) in [7, 11) is 0. The van der Waals surface area contributed by atoms with Crippen LogP contribution >= 0.6 is 0 Å². The molecule has 0 atom stereocenters. The Morgan fingerprint density at radius 3 is 2.40 bits per heavy atom. The van der Waals surface area contributed by atoms with Crippen LogP contribution in [0.3, 0.4) is 0 Å². The van der Waals surface area contributed by atoms with E-state index in [0.717, 1.165) is 51.0 Å². The Morgan fingerprint density at radius 2 is 1.60 bits per heavy atom. The zero-order chi connectivity index (χ0) is 17.1. The van der Waals surface area contributed by atoms with Crippen LogP contribution in [-0.4, -0.2) is 36.5 Å². The lowest BCUT2D eigenvalue weighted by molar-refractivity contribution is -0.119. The lowest BCUT2D eigenvalue weighted by atomic mass is 9.95. The van der Waals surface area contributed by atoms with Crippen molar-refractivity contribution in [2.75, 3.05) is 24.5 Å². The first-order valence-electron chi connectivity index (χ1n) is 9.47. The predicted molar refractivity (Wildman–Crippen MR) is 102 cm³/mol. The van der Waals surface area contributed by atoms with Crippen molar-refractivity contribution >= 4 is 11.6 Å². The quantitative estimate of drug-likeness (QED) is 0.852. The van der Waals surface area contributed by atoms with Gasteiger partial charge in [-0.25, -0.2) is 0 Å². The second kappa shape index (κ2) is 7.40. The van der Waals surface area contributed by atoms with Crippen LogP contribution in [0.5, 0.6) is 0 Å². The maximum atomic E-state index is 12.6. The summed E-state index contributed by atoms with van der Waals surface area (Å²) in [6, 6.07) is 19.5. The number of nitrogens with zero attached hydrogens (tertiary/aromatic N) is 2. The Balaban J connectivity index is 1.36. The molecule has 130 valence electrons. The third kappa shape index (κ3) is 3.62. The average Bonchev–Trinajstić information content (AvgIpc) is 2.68. The van der Waals surface area contributed by atoms with E-state index in [-0.39, 0.29) is 0 Å². The van der Waals surface area contributed by atoms with Gasteiger partial charge in [-0.3, -0.25) is 4.79 Å². The fourth-order valence-corrected chi connectivity index (χ4v) is 4.19. The molecule has 0 unspecified atom stereocenters. The molecule has 2 aromatic rings. The third-order valence-corrected chi connectivity index (χ3v) is 5.61. The van der Waals surface area contributed by atoms with Crippen LogP contribution in [0.1, 0.15) is 30.4 Å². The molecule has 0 saturated carbocycles. The molecule has 0 bridgehead atoms. The van der Waals surface area contributed by atoms with Gasteiger partial charge in [-0.05, 0) is 42.9 Å². The van der Waals surface area contributed by atoms with Crippen molar-refractivity contribution in [1.82, 2.24) is 4.90 Å². The van der Waals surface area contributed by atoms with Gasteiger partial charge in [0.2, 0.25) is 5.91 Å². The molecule has 0 aliphatic carbocycles. The van der Waals surface area contributed by atoms with Crippen molar-refractivity contribution in [3.8, 4) is 0 Å². The molecule has 3 nitrogen and oxygen atoms in total. The highest BCUT2D eigenvalue weighted by atomic mass is 16.2. The van der Waals surface area contributed by atoms with Crippen LogP contribution in [-0.2, 0) is 17.6 Å². The van der Waals surface area contributed by atoms with Crippen molar-refractivity contribution < 1.29 is 4.79 Å². The van der Waals surface area contributed by atoms with Gasteiger partial charge in [0.05, 0.1) is 0 Å². The van der Waals surface area contributed by atoms with Crippen molar-refractivity contribution in [3.63, 3.8) is 0 Å². The minimum atomic E-state index is 0.307. The molecule has 0 radical (unpaired) electrons. The summed E-state index contributed by atoms with van der Waals surface area (Å²) in [6.07, 6.45) is 4.81. The second-order valence-corrected chi connectivity index (χ2v) is 7.20. The van der Waals surface area contributed by atoms with Crippen molar-refractivity contribution in [2.45, 2.75) is 38.1 Å². The number of hydrogen-bond donors (Lipinski definition) is 0. The maximum absolute atomic E-state index is 12.6. The summed E-state index contributed by atoms with van der Waals surface area (Å²) < 4.78 is 0. The number of amides is 1. The van der Waals surface area contributed by atoms with Crippen LogP contribution < -0.4 is 4.90 Å². The molecule has 2 aromatic carbocycles. The normalized spacial score (nSPS) is 19.0. The first kappa shape index (κ1) is 16.3. The highest BCUT2D eigenvalue weighted by Crippen LogP contribution is 2.32. The smallest absolute Gasteiger partial charge is 0.227 e. The highest BCUT2D eigenvalue weighted by Gasteiger charge is 2.32. The molecule has 2 heterocycles. The van der Waals surface area contributed by atoms with Gasteiger partial charge in [0.25, 0.3) is 0 Å². The molecule has 1 fully saturated rings. The monoisotopic (exact) mass is 334 g/mol. The number of piperidine rings is 1. The number of fused-ring (bicyclic) bond motifs is 1. The number of likely N-dealkylation sites (tertiary alicyclic amines) is 1. The van der Waals surface area contributed by atoms with Gasteiger partial charge in [-0.1, -0.05) is 48.5 Å². The minimum absolute atomic E-state index is 0.307. The highest BCUT2D eigenvalue weighted by molar-refractivity contribution is 5.97. The number of benzene rings is 2. The van der Waals surface area contributed by atoms with Crippen LogP contribution in [0.25, 0.3) is 0 Å². The van der Waals surface area contributed by atoms with E-state index in [1.54, 1.807) is 0 Å². The van der Waals surface area contributed by atoms with Crippen LogP contribution in [0.4, 0.5) is 5.69 Å². The van der Waals surface area contributed by atoms with Crippen LogP contribution in [0.15, 0.2) is 54.6 Å². The molecule has 0 aromatic heterocycles. The summed E-state index contributed by atoms with van der Waals surface area (Å²) in [5.41, 5.74) is 3.89. The Bertz CT molecular complexity index is 720. The van der Waals surface area contributed by atoms with Crippen molar-refractivity contribution in [3.05, 3.63) is 65.7 Å². The Kier molecular flexibility index (Phi) is 4.84. The molecule has 25 heavy (non-hydrogen) atoms. The second-order valence-electron chi connectivity index (χ2n) is 7.20. The van der Waals surface area contributed by atoms with Gasteiger partial charge in [0.15, 0.2) is 0 Å². The largest absolute Gasteiger partial charge is 0.309 e. The number of carbonyl (C=O) groups excluding carboxylic acids is 1. The number of aryl methyl sites for hydroxylation is 1. The van der Waals surface area contributed by atoms with Gasteiger partial charge in [0.1, 0.15) is 0 Å². The Labute approximate surface area is 150 Å². The summed E-state index contributed by atoms with van der Waals surface area (Å²) in [5, 5.41) is 0. The summed E-state index contributed by atoms with van der Waals surface area (Å²) in [5.74, 6) is 0.307. The summed E-state index contributed by atoms with van der Waals surface area (Å²) in [4.78, 5) is 17.2. The number of rotatable bonds is 4. The third-order valence-electron chi connectivity index (χ3n) is 5.61. The zero-order valence-electron chi connectivity index (χ0n) is 14.7. The topological polar surface area (TPSA) is 23.6 Å². The maximum Gasteiger partial charge on any atom is 0.227 e. The van der Waals surface area contributed by atoms with Crippen LogP contribution in [0, 0.1) is 0 Å². The van der Waals surface area contributed by atoms with Crippen LogP contribution in [0.2, 0.25) is 0 Å². The van der Waals surface area contributed by atoms with Crippen molar-refractivity contribution in [2.24, 2.45) is 0 Å². The number of anilines is 1. The van der Waals surface area contributed by atoms with E-state index in [9.17, 15) is 4.79 Å². The fourth-order valence-electron chi connectivity index (χ4n) is 4.19. The molecule has 4 rings (SSSR count). The fraction of sp³-hybridized carbons (Fsp3) is 0.409. The molecular weight excluding hydrogens is 308 g/mol. The lowest BCUT2D eigenvalue weighted by Gasteiger charge is -2.41. The average molecular weight is 334 g/mol. The summed E-state index contributed by atoms with van der Waals surface area (Å²) in [6.45, 7) is 3.29. The molecule has 2 aliphatic rings. The molecule has 1 saturated heterocycles. The van der Waals surface area contributed by atoms with E-state index in [2.05, 4.69) is 64.4 Å². The molecule has 3 heteroatoms. The minimum Gasteiger partial charge on any atom is -0.309 e. The number of carbonyl (C=O) groups is 1. The van der Waals surface area contributed by atoms with E-state index in [0.29, 0.717) is 18.4 Å². The van der Waals surface area contributed by atoms with Gasteiger partial charge in [-0.2, -0.15) is 0 Å². The van der Waals surface area contributed by atoms with E-state index in [4.69, 9.17) is 0 Å². The zero-order valence-corrected chi connectivity index (χ0v) is 14.7. The molecular formula is C22H26N2O. The van der Waals surface area contributed by atoms with Gasteiger partial charge in [0, 0.05) is 37.8 Å². The standard InChI is InChI=1S/C22H26N2O/c25-22-11-10-19-8-4-5-9-21(19)24(22)20-13-16-23(17-14-20)15-12-18-6-2-1-3-7-18/h1-9,20H,10-17H2. The summed E-state index contributed by atoms with van der Waals surface area (Å²) >= 11 is 0. The predicted octanol–water partition coefficient (Wildman–Crippen LogP) is 3.67. The van der Waals surface area contributed by atoms with Crippen molar-refractivity contribution in [1.29, 1.82) is 0 Å². The number of para-hydroxylation sites is 1. The Morgan fingerprint density at radius 1 is 0.880 bits per heavy atom. The molecule has 1 amide bonds.